The number of carbonyl (C=O) groups is 1. The van der Waals surface area contributed by atoms with Crippen LogP contribution in [0.4, 0.5) is 0 Å². The summed E-state index contributed by atoms with van der Waals surface area (Å²) in [6.07, 6.45) is 0.883. The molecule has 0 heterocycles. The molecule has 0 aliphatic carbocycles. The van der Waals surface area contributed by atoms with Crippen LogP contribution in [0.25, 0.3) is 21.5 Å². The first-order valence-electron chi connectivity index (χ1n) is 5.17. The molecule has 0 bridgehead atoms. The lowest BCUT2D eigenvalue weighted by molar-refractivity contribution is 0.112. The van der Waals surface area contributed by atoms with Crippen LogP contribution in [0.5, 0.6) is 0 Å². The Balaban J connectivity index is 2.57. The Morgan fingerprint density at radius 2 is 1.75 bits per heavy atom. The minimum Gasteiger partial charge on any atom is -0.298 e. The summed E-state index contributed by atoms with van der Waals surface area (Å²) in [5.41, 5.74) is 0.697. The van der Waals surface area contributed by atoms with Gasteiger partial charge in [0.15, 0.2) is 6.29 Å². The summed E-state index contributed by atoms with van der Waals surface area (Å²) in [5.74, 6) is 0. The molecule has 75 valence electrons. The zero-order chi connectivity index (χ0) is 11.0. The van der Waals surface area contributed by atoms with E-state index in [1.165, 1.54) is 10.8 Å². The van der Waals surface area contributed by atoms with Crippen molar-refractivity contribution in [1.29, 1.82) is 0 Å². The van der Waals surface area contributed by atoms with Crippen molar-refractivity contribution in [1.82, 2.24) is 0 Å². The third-order valence-electron chi connectivity index (χ3n) is 2.88. The van der Waals surface area contributed by atoms with Crippen LogP contribution in [0.15, 0.2) is 48.5 Å². The molecular formula is C15H9O. The van der Waals surface area contributed by atoms with E-state index in [2.05, 4.69) is 18.2 Å². The second-order valence-electron chi connectivity index (χ2n) is 3.78. The van der Waals surface area contributed by atoms with Gasteiger partial charge in [0.25, 0.3) is 0 Å². The van der Waals surface area contributed by atoms with E-state index in [1.54, 1.807) is 6.07 Å². The Kier molecular flexibility index (Phi) is 1.97. The molecule has 1 nitrogen and oxygen atoms in total. The van der Waals surface area contributed by atoms with Gasteiger partial charge in [0, 0.05) is 5.56 Å². The van der Waals surface area contributed by atoms with Crippen molar-refractivity contribution in [2.24, 2.45) is 0 Å². The number of hydrogen-bond acceptors (Lipinski definition) is 1. The average Bonchev–Trinajstić information content (AvgIpc) is 2.37. The molecule has 1 heteroatoms. The average molecular weight is 205 g/mol. The highest BCUT2D eigenvalue weighted by atomic mass is 16.1. The van der Waals surface area contributed by atoms with Gasteiger partial charge in [-0.15, -0.1) is 0 Å². The van der Waals surface area contributed by atoms with Gasteiger partial charge in [-0.05, 0) is 39.7 Å². The number of fused-ring (bicyclic) bond motifs is 3. The highest BCUT2D eigenvalue weighted by molar-refractivity contribution is 6.11. The van der Waals surface area contributed by atoms with Crippen LogP contribution < -0.4 is 0 Å². The van der Waals surface area contributed by atoms with Gasteiger partial charge in [-0.1, -0.05) is 36.4 Å². The Hall–Kier alpha value is -2.15. The van der Waals surface area contributed by atoms with Gasteiger partial charge in [0.2, 0.25) is 0 Å². The quantitative estimate of drug-likeness (QED) is 0.438. The Morgan fingerprint density at radius 3 is 2.62 bits per heavy atom. The molecular weight excluding hydrogens is 196 g/mol. The molecule has 0 saturated carbocycles. The number of carbonyl (C=O) groups excluding carboxylic acids is 1. The zero-order valence-electron chi connectivity index (χ0n) is 8.60. The number of benzene rings is 3. The largest absolute Gasteiger partial charge is 0.298 e. The molecule has 0 unspecified atom stereocenters. The fourth-order valence-electron chi connectivity index (χ4n) is 2.09. The molecule has 0 aliphatic rings. The van der Waals surface area contributed by atoms with Gasteiger partial charge in [-0.3, -0.25) is 4.79 Å². The molecule has 3 aromatic carbocycles. The molecule has 0 aliphatic heterocycles. The SMILES string of the molecule is O=Cc1c[c]cc2c1ccc1ccccc12. The third kappa shape index (κ3) is 1.22. The van der Waals surface area contributed by atoms with Crippen LogP contribution in [0.2, 0.25) is 0 Å². The van der Waals surface area contributed by atoms with Crippen molar-refractivity contribution >= 4 is 27.8 Å². The summed E-state index contributed by atoms with van der Waals surface area (Å²) < 4.78 is 0. The van der Waals surface area contributed by atoms with E-state index in [4.69, 9.17) is 0 Å². The van der Waals surface area contributed by atoms with Gasteiger partial charge in [0.1, 0.15) is 0 Å². The zero-order valence-corrected chi connectivity index (χ0v) is 8.60. The van der Waals surface area contributed by atoms with E-state index in [1.807, 2.05) is 30.3 Å². The monoisotopic (exact) mass is 205 g/mol. The minimum absolute atomic E-state index is 0.697. The van der Waals surface area contributed by atoms with Crippen molar-refractivity contribution in [2.45, 2.75) is 0 Å². The molecule has 0 aromatic heterocycles. The molecule has 0 spiro atoms. The molecule has 16 heavy (non-hydrogen) atoms. The lowest BCUT2D eigenvalue weighted by Gasteiger charge is -2.04. The summed E-state index contributed by atoms with van der Waals surface area (Å²) in [6.45, 7) is 0. The molecule has 0 fully saturated rings. The van der Waals surface area contributed by atoms with Gasteiger partial charge in [-0.25, -0.2) is 0 Å². The number of aldehydes is 1. The third-order valence-corrected chi connectivity index (χ3v) is 2.88. The lowest BCUT2D eigenvalue weighted by Crippen LogP contribution is -1.84. The highest BCUT2D eigenvalue weighted by Gasteiger charge is 2.02. The van der Waals surface area contributed by atoms with E-state index >= 15 is 0 Å². The summed E-state index contributed by atoms with van der Waals surface area (Å²) in [4.78, 5) is 10.9. The Morgan fingerprint density at radius 1 is 0.875 bits per heavy atom. The Labute approximate surface area is 93.3 Å². The van der Waals surface area contributed by atoms with Crippen LogP contribution >= 0.6 is 0 Å². The topological polar surface area (TPSA) is 17.1 Å². The van der Waals surface area contributed by atoms with Crippen LogP contribution in [-0.2, 0) is 0 Å². The van der Waals surface area contributed by atoms with Gasteiger partial charge in [-0.2, -0.15) is 0 Å². The molecule has 0 saturated heterocycles. The summed E-state index contributed by atoms with van der Waals surface area (Å²) in [5, 5.41) is 4.43. The van der Waals surface area contributed by atoms with Gasteiger partial charge >= 0.3 is 0 Å². The maximum Gasteiger partial charge on any atom is 0.150 e. The lowest BCUT2D eigenvalue weighted by atomic mass is 9.99. The first-order valence-corrected chi connectivity index (χ1v) is 5.17. The standard InChI is InChI=1S/C15H9O/c16-10-12-5-3-7-15-13-6-2-1-4-11(13)8-9-14(12)15/h1-2,4-10H. The van der Waals surface area contributed by atoms with Crippen molar-refractivity contribution in [2.75, 3.05) is 0 Å². The van der Waals surface area contributed by atoms with E-state index in [0.717, 1.165) is 17.1 Å². The maximum atomic E-state index is 10.9. The second-order valence-corrected chi connectivity index (χ2v) is 3.78. The van der Waals surface area contributed by atoms with E-state index in [9.17, 15) is 4.79 Å². The van der Waals surface area contributed by atoms with Crippen molar-refractivity contribution < 1.29 is 4.79 Å². The number of rotatable bonds is 1. The van der Waals surface area contributed by atoms with Crippen molar-refractivity contribution in [3.8, 4) is 0 Å². The first-order chi connectivity index (χ1) is 7.90. The molecule has 0 atom stereocenters. The van der Waals surface area contributed by atoms with E-state index < -0.39 is 0 Å². The van der Waals surface area contributed by atoms with Crippen LogP contribution in [-0.4, -0.2) is 6.29 Å². The predicted molar refractivity (Wildman–Crippen MR) is 65.7 cm³/mol. The fraction of sp³-hybridized carbons (Fsp3) is 0. The second kappa shape index (κ2) is 3.46. The molecule has 0 N–H and O–H groups in total. The van der Waals surface area contributed by atoms with Gasteiger partial charge in [0.05, 0.1) is 0 Å². The van der Waals surface area contributed by atoms with Crippen molar-refractivity contribution in [3.63, 3.8) is 0 Å². The van der Waals surface area contributed by atoms with Gasteiger partial charge < -0.3 is 0 Å². The van der Waals surface area contributed by atoms with E-state index in [-0.39, 0.29) is 0 Å². The minimum atomic E-state index is 0.697. The molecule has 3 rings (SSSR count). The molecule has 0 amide bonds. The Bertz CT molecular complexity index is 683. The smallest absolute Gasteiger partial charge is 0.150 e. The van der Waals surface area contributed by atoms with E-state index in [0.29, 0.717) is 5.56 Å². The fourth-order valence-corrected chi connectivity index (χ4v) is 2.09. The van der Waals surface area contributed by atoms with Crippen LogP contribution in [0.3, 0.4) is 0 Å². The van der Waals surface area contributed by atoms with Crippen LogP contribution in [0.1, 0.15) is 10.4 Å². The normalized spacial score (nSPS) is 10.8. The molecule has 1 radical (unpaired) electrons. The maximum absolute atomic E-state index is 10.9. The van der Waals surface area contributed by atoms with Crippen LogP contribution in [0, 0.1) is 6.07 Å². The summed E-state index contributed by atoms with van der Waals surface area (Å²) >= 11 is 0. The number of hydrogen-bond donors (Lipinski definition) is 0. The van der Waals surface area contributed by atoms with Crippen molar-refractivity contribution in [3.05, 3.63) is 60.2 Å². The molecule has 3 aromatic rings. The predicted octanol–water partition coefficient (Wildman–Crippen LogP) is 3.61. The summed E-state index contributed by atoms with van der Waals surface area (Å²) in [7, 11) is 0. The summed E-state index contributed by atoms with van der Waals surface area (Å²) in [6, 6.07) is 18.9. The first kappa shape index (κ1) is 9.10. The highest BCUT2D eigenvalue weighted by Crippen LogP contribution is 2.26.